The summed E-state index contributed by atoms with van der Waals surface area (Å²) in [6, 6.07) is 3.81. The quantitative estimate of drug-likeness (QED) is 0.613. The Morgan fingerprint density at radius 1 is 1.38 bits per heavy atom. The second-order valence-corrected chi connectivity index (χ2v) is 5.23. The summed E-state index contributed by atoms with van der Waals surface area (Å²) in [7, 11) is 1.69. The molecule has 0 radical (unpaired) electrons. The number of nitro benzene ring substituents is 1. The number of amides is 2. The van der Waals surface area contributed by atoms with Crippen molar-refractivity contribution in [2.45, 2.75) is 6.42 Å². The molecular formula is C13H14ClN3O4. The fourth-order valence-electron chi connectivity index (χ4n) is 2.13. The third-order valence-corrected chi connectivity index (χ3v) is 3.65. The molecule has 1 fully saturated rings. The van der Waals surface area contributed by atoms with Gasteiger partial charge in [-0.2, -0.15) is 0 Å². The number of carbonyl (C=O) groups excluding carboxylic acids is 2. The molecule has 0 unspecified atom stereocenters. The van der Waals surface area contributed by atoms with Crippen LogP contribution in [0.2, 0.25) is 5.02 Å². The number of halogens is 1. The van der Waals surface area contributed by atoms with E-state index in [4.69, 9.17) is 11.6 Å². The van der Waals surface area contributed by atoms with E-state index < -0.39 is 4.92 Å². The minimum Gasteiger partial charge on any atom is -0.344 e. The number of nitrogens with zero attached hydrogens (tertiary/aromatic N) is 3. The number of hydrogen-bond donors (Lipinski definition) is 0. The van der Waals surface area contributed by atoms with E-state index in [-0.39, 0.29) is 34.6 Å². The molecule has 2 amide bonds. The first-order valence-corrected chi connectivity index (χ1v) is 6.75. The molecule has 1 aliphatic rings. The van der Waals surface area contributed by atoms with Gasteiger partial charge in [-0.15, -0.1) is 0 Å². The molecule has 0 bridgehead atoms. The third kappa shape index (κ3) is 3.30. The minimum atomic E-state index is -0.610. The SMILES string of the molecule is CN1CCCN(C(=O)c2ccc([N+](=O)[O-])c(Cl)c2)CC1=O. The molecule has 1 heterocycles. The minimum absolute atomic E-state index is 0.00391. The average molecular weight is 312 g/mol. The standard InChI is InChI=1S/C13H14ClN3O4/c1-15-5-2-6-16(8-12(15)18)13(19)9-3-4-11(17(20)21)10(14)7-9/h3-4,7H,2,5-6,8H2,1H3. The smallest absolute Gasteiger partial charge is 0.287 e. The summed E-state index contributed by atoms with van der Waals surface area (Å²) in [6.07, 6.45) is 0.689. The van der Waals surface area contributed by atoms with Crippen molar-refractivity contribution >= 4 is 29.1 Å². The molecule has 0 atom stereocenters. The van der Waals surface area contributed by atoms with Crippen molar-refractivity contribution < 1.29 is 14.5 Å². The lowest BCUT2D eigenvalue weighted by Crippen LogP contribution is -2.38. The lowest BCUT2D eigenvalue weighted by molar-refractivity contribution is -0.384. The molecule has 0 aliphatic carbocycles. The van der Waals surface area contributed by atoms with Gasteiger partial charge >= 0.3 is 0 Å². The molecule has 0 spiro atoms. The maximum Gasteiger partial charge on any atom is 0.287 e. The highest BCUT2D eigenvalue weighted by Gasteiger charge is 2.25. The molecule has 1 aromatic carbocycles. The van der Waals surface area contributed by atoms with Crippen LogP contribution in [0.3, 0.4) is 0 Å². The molecular weight excluding hydrogens is 298 g/mol. The van der Waals surface area contributed by atoms with Gasteiger partial charge in [0.05, 0.1) is 4.92 Å². The van der Waals surface area contributed by atoms with Crippen LogP contribution < -0.4 is 0 Å². The molecule has 8 heteroatoms. The van der Waals surface area contributed by atoms with Crippen molar-refractivity contribution in [3.05, 3.63) is 38.9 Å². The summed E-state index contributed by atoms with van der Waals surface area (Å²) in [4.78, 5) is 37.3. The van der Waals surface area contributed by atoms with Crippen molar-refractivity contribution in [2.24, 2.45) is 0 Å². The van der Waals surface area contributed by atoms with Gasteiger partial charge in [0, 0.05) is 31.8 Å². The van der Waals surface area contributed by atoms with E-state index >= 15 is 0 Å². The maximum absolute atomic E-state index is 12.4. The monoisotopic (exact) mass is 311 g/mol. The van der Waals surface area contributed by atoms with Crippen molar-refractivity contribution in [3.8, 4) is 0 Å². The highest BCUT2D eigenvalue weighted by Crippen LogP contribution is 2.25. The van der Waals surface area contributed by atoms with Gasteiger partial charge < -0.3 is 9.80 Å². The Balaban J connectivity index is 2.21. The van der Waals surface area contributed by atoms with Crippen LogP contribution in [0.5, 0.6) is 0 Å². The summed E-state index contributed by atoms with van der Waals surface area (Å²) in [5.41, 5.74) is -0.0113. The number of likely N-dealkylation sites (N-methyl/N-ethyl adjacent to an activating group) is 1. The number of carbonyl (C=O) groups is 2. The maximum atomic E-state index is 12.4. The van der Waals surface area contributed by atoms with Crippen LogP contribution in [0.15, 0.2) is 18.2 Å². The lowest BCUT2D eigenvalue weighted by Gasteiger charge is -2.19. The van der Waals surface area contributed by atoms with E-state index in [0.29, 0.717) is 19.5 Å². The van der Waals surface area contributed by atoms with Gasteiger partial charge in [0.1, 0.15) is 11.6 Å². The van der Waals surface area contributed by atoms with Crippen LogP contribution in [-0.4, -0.2) is 53.2 Å². The van der Waals surface area contributed by atoms with Gasteiger partial charge in [-0.25, -0.2) is 0 Å². The Morgan fingerprint density at radius 2 is 2.10 bits per heavy atom. The number of benzene rings is 1. The molecule has 1 saturated heterocycles. The van der Waals surface area contributed by atoms with Gasteiger partial charge in [0.2, 0.25) is 5.91 Å². The Kier molecular flexibility index (Phi) is 4.42. The fraction of sp³-hybridized carbons (Fsp3) is 0.385. The fourth-order valence-corrected chi connectivity index (χ4v) is 2.38. The van der Waals surface area contributed by atoms with Gasteiger partial charge in [0.15, 0.2) is 0 Å². The predicted molar refractivity (Wildman–Crippen MR) is 76.3 cm³/mol. The Labute approximate surface area is 126 Å². The Morgan fingerprint density at radius 3 is 2.71 bits per heavy atom. The molecule has 1 aromatic rings. The summed E-state index contributed by atoms with van der Waals surface area (Å²) in [6.45, 7) is 1.07. The van der Waals surface area contributed by atoms with Crippen molar-refractivity contribution in [2.75, 3.05) is 26.7 Å². The second kappa shape index (κ2) is 6.09. The molecule has 7 nitrogen and oxygen atoms in total. The van der Waals surface area contributed by atoms with Crippen LogP contribution in [0.4, 0.5) is 5.69 Å². The van der Waals surface area contributed by atoms with Crippen LogP contribution in [0.25, 0.3) is 0 Å². The van der Waals surface area contributed by atoms with Crippen LogP contribution in [0, 0.1) is 10.1 Å². The van der Waals surface area contributed by atoms with Gasteiger partial charge in [-0.05, 0) is 18.6 Å². The van der Waals surface area contributed by atoms with Crippen molar-refractivity contribution in [1.29, 1.82) is 0 Å². The van der Waals surface area contributed by atoms with E-state index in [0.717, 1.165) is 0 Å². The van der Waals surface area contributed by atoms with E-state index in [1.165, 1.54) is 23.1 Å². The molecule has 112 valence electrons. The normalized spacial score (nSPS) is 15.8. The molecule has 0 aromatic heterocycles. The van der Waals surface area contributed by atoms with Gasteiger partial charge in [0.25, 0.3) is 11.6 Å². The van der Waals surface area contributed by atoms with Crippen molar-refractivity contribution in [1.82, 2.24) is 9.80 Å². The largest absolute Gasteiger partial charge is 0.344 e. The summed E-state index contributed by atoms with van der Waals surface area (Å²) >= 11 is 5.80. The highest BCUT2D eigenvalue weighted by atomic mass is 35.5. The van der Waals surface area contributed by atoms with E-state index in [1.807, 2.05) is 0 Å². The van der Waals surface area contributed by atoms with E-state index in [1.54, 1.807) is 11.9 Å². The van der Waals surface area contributed by atoms with Crippen LogP contribution in [-0.2, 0) is 4.79 Å². The topological polar surface area (TPSA) is 83.8 Å². The average Bonchev–Trinajstić information content (AvgIpc) is 2.60. The zero-order chi connectivity index (χ0) is 15.6. The van der Waals surface area contributed by atoms with E-state index in [2.05, 4.69) is 0 Å². The highest BCUT2D eigenvalue weighted by molar-refractivity contribution is 6.33. The molecule has 21 heavy (non-hydrogen) atoms. The molecule has 1 aliphatic heterocycles. The van der Waals surface area contributed by atoms with Crippen LogP contribution >= 0.6 is 11.6 Å². The van der Waals surface area contributed by atoms with Gasteiger partial charge in [-0.3, -0.25) is 19.7 Å². The van der Waals surface area contributed by atoms with Gasteiger partial charge in [-0.1, -0.05) is 11.6 Å². The first-order chi connectivity index (χ1) is 9.90. The summed E-state index contributed by atoms with van der Waals surface area (Å²) < 4.78 is 0. The third-order valence-electron chi connectivity index (χ3n) is 3.35. The first kappa shape index (κ1) is 15.2. The summed E-state index contributed by atoms with van der Waals surface area (Å²) in [5.74, 6) is -0.482. The Bertz CT molecular complexity index is 605. The summed E-state index contributed by atoms with van der Waals surface area (Å²) in [5, 5.41) is 10.6. The first-order valence-electron chi connectivity index (χ1n) is 6.37. The molecule has 0 saturated carbocycles. The lowest BCUT2D eigenvalue weighted by atomic mass is 10.1. The number of nitro groups is 1. The number of rotatable bonds is 2. The molecule has 0 N–H and O–H groups in total. The zero-order valence-electron chi connectivity index (χ0n) is 11.4. The zero-order valence-corrected chi connectivity index (χ0v) is 12.2. The number of hydrogen-bond acceptors (Lipinski definition) is 4. The second-order valence-electron chi connectivity index (χ2n) is 4.82. The Hall–Kier alpha value is -2.15. The van der Waals surface area contributed by atoms with E-state index in [9.17, 15) is 19.7 Å². The predicted octanol–water partition coefficient (Wildman–Crippen LogP) is 1.55. The molecule has 2 rings (SSSR count). The van der Waals surface area contributed by atoms with Crippen molar-refractivity contribution in [3.63, 3.8) is 0 Å². The van der Waals surface area contributed by atoms with Crippen LogP contribution in [0.1, 0.15) is 16.8 Å².